The van der Waals surface area contributed by atoms with E-state index in [9.17, 15) is 4.79 Å². The van der Waals surface area contributed by atoms with E-state index in [1.54, 1.807) is 6.20 Å². The molecule has 0 saturated heterocycles. The summed E-state index contributed by atoms with van der Waals surface area (Å²) in [6.07, 6.45) is 10.7. The first-order chi connectivity index (χ1) is 11.2. The van der Waals surface area contributed by atoms with Crippen LogP contribution >= 0.6 is 0 Å². The molecular formula is C19H17N3O. The van der Waals surface area contributed by atoms with Gasteiger partial charge in [-0.05, 0) is 49.5 Å². The highest BCUT2D eigenvalue weighted by molar-refractivity contribution is 6.06. The molecular weight excluding hydrogens is 286 g/mol. The molecule has 2 aliphatic heterocycles. The van der Waals surface area contributed by atoms with Crippen LogP contribution in [0, 0.1) is 0 Å². The molecule has 2 aliphatic carbocycles. The van der Waals surface area contributed by atoms with Crippen molar-refractivity contribution in [2.45, 2.75) is 37.6 Å². The lowest BCUT2D eigenvalue weighted by Gasteiger charge is -2.24. The quantitative estimate of drug-likeness (QED) is 0.800. The minimum absolute atomic E-state index is 0.0946. The smallest absolute Gasteiger partial charge is 0.236 e. The number of pyridine rings is 1. The number of rotatable bonds is 0. The maximum Gasteiger partial charge on any atom is 0.236 e. The molecule has 1 aromatic rings. The molecule has 2 unspecified atom stereocenters. The van der Waals surface area contributed by atoms with E-state index in [2.05, 4.69) is 28.5 Å². The molecule has 5 rings (SSSR count). The van der Waals surface area contributed by atoms with E-state index in [-0.39, 0.29) is 11.9 Å². The summed E-state index contributed by atoms with van der Waals surface area (Å²) < 4.78 is 0. The van der Waals surface area contributed by atoms with Crippen LogP contribution in [0.2, 0.25) is 0 Å². The normalized spacial score (nSPS) is 30.7. The average Bonchev–Trinajstić information content (AvgIpc) is 3.04. The third-order valence-corrected chi connectivity index (χ3v) is 5.49. The molecule has 3 heterocycles. The zero-order valence-corrected chi connectivity index (χ0v) is 13.0. The fourth-order valence-electron chi connectivity index (χ4n) is 4.37. The number of aromatic nitrogens is 1. The van der Waals surface area contributed by atoms with Gasteiger partial charge in [-0.25, -0.2) is 4.98 Å². The molecule has 1 amide bonds. The van der Waals surface area contributed by atoms with E-state index >= 15 is 0 Å². The Balaban J connectivity index is 1.56. The van der Waals surface area contributed by atoms with Crippen molar-refractivity contribution in [2.24, 2.45) is 4.99 Å². The van der Waals surface area contributed by atoms with Crippen LogP contribution in [0.15, 0.2) is 58.3 Å². The van der Waals surface area contributed by atoms with E-state index in [1.807, 2.05) is 19.1 Å². The van der Waals surface area contributed by atoms with Gasteiger partial charge >= 0.3 is 0 Å². The Morgan fingerprint density at radius 3 is 3.13 bits per heavy atom. The summed E-state index contributed by atoms with van der Waals surface area (Å²) in [7, 11) is 0. The van der Waals surface area contributed by atoms with Crippen LogP contribution in [-0.2, 0) is 10.2 Å². The van der Waals surface area contributed by atoms with Crippen molar-refractivity contribution < 1.29 is 4.79 Å². The highest BCUT2D eigenvalue weighted by atomic mass is 16.2. The zero-order valence-electron chi connectivity index (χ0n) is 13.0. The molecule has 4 heteroatoms. The maximum absolute atomic E-state index is 12.7. The van der Waals surface area contributed by atoms with Gasteiger partial charge in [-0.15, -0.1) is 0 Å². The van der Waals surface area contributed by atoms with E-state index in [0.29, 0.717) is 0 Å². The Labute approximate surface area is 134 Å². The van der Waals surface area contributed by atoms with E-state index < -0.39 is 5.41 Å². The van der Waals surface area contributed by atoms with Crippen LogP contribution in [0.4, 0.5) is 5.82 Å². The number of allylic oxidation sites excluding steroid dienone is 3. The highest BCUT2D eigenvalue weighted by Crippen LogP contribution is 2.53. The monoisotopic (exact) mass is 303 g/mol. The van der Waals surface area contributed by atoms with Gasteiger partial charge in [-0.3, -0.25) is 9.79 Å². The summed E-state index contributed by atoms with van der Waals surface area (Å²) in [5.41, 5.74) is 5.66. The standard InChI is InChI=1S/C19H17N3O/c1-11-4-5-12-7-13-9-19(10-14(13)8-16(12)21-11)15-3-2-6-20-17(15)22-18(19)23/h2-7,16H,8-10H2,1H3,(H,20,22,23). The van der Waals surface area contributed by atoms with Gasteiger partial charge in [-0.1, -0.05) is 23.8 Å². The van der Waals surface area contributed by atoms with Crippen molar-refractivity contribution in [1.29, 1.82) is 0 Å². The van der Waals surface area contributed by atoms with Crippen molar-refractivity contribution in [3.05, 3.63) is 58.8 Å². The first-order valence-electron chi connectivity index (χ1n) is 8.08. The molecule has 114 valence electrons. The van der Waals surface area contributed by atoms with Gasteiger partial charge in [0.2, 0.25) is 5.91 Å². The molecule has 1 N–H and O–H groups in total. The van der Waals surface area contributed by atoms with Crippen LogP contribution in [-0.4, -0.2) is 22.6 Å². The largest absolute Gasteiger partial charge is 0.310 e. The molecule has 1 aromatic heterocycles. The van der Waals surface area contributed by atoms with Crippen LogP contribution < -0.4 is 5.32 Å². The molecule has 0 radical (unpaired) electrons. The average molecular weight is 303 g/mol. The van der Waals surface area contributed by atoms with Crippen LogP contribution in [0.25, 0.3) is 0 Å². The lowest BCUT2D eigenvalue weighted by Crippen LogP contribution is -2.32. The van der Waals surface area contributed by atoms with Crippen molar-refractivity contribution in [1.82, 2.24) is 4.98 Å². The fraction of sp³-hybridized carbons (Fsp3) is 0.316. The summed E-state index contributed by atoms with van der Waals surface area (Å²) in [6.45, 7) is 2.04. The summed E-state index contributed by atoms with van der Waals surface area (Å²) in [4.78, 5) is 21.8. The molecule has 0 saturated carbocycles. The number of hydrogen-bond acceptors (Lipinski definition) is 3. The SMILES string of the molecule is CC1=NC2CC3=C(C=C2C=C1)CC1(C3)C(=O)Nc2ncccc21. The van der Waals surface area contributed by atoms with Gasteiger partial charge in [0.15, 0.2) is 0 Å². The second kappa shape index (κ2) is 4.28. The number of nitrogens with zero attached hydrogens (tertiary/aromatic N) is 2. The number of anilines is 1. The number of nitrogens with one attached hydrogen (secondary N) is 1. The topological polar surface area (TPSA) is 54.4 Å². The van der Waals surface area contributed by atoms with Gasteiger partial charge in [0.1, 0.15) is 5.82 Å². The highest BCUT2D eigenvalue weighted by Gasteiger charge is 2.52. The van der Waals surface area contributed by atoms with Crippen molar-refractivity contribution in [3.63, 3.8) is 0 Å². The number of carbonyl (C=O) groups is 1. The summed E-state index contributed by atoms with van der Waals surface area (Å²) >= 11 is 0. The van der Waals surface area contributed by atoms with Gasteiger partial charge in [0, 0.05) is 17.5 Å². The van der Waals surface area contributed by atoms with Crippen LogP contribution in [0.3, 0.4) is 0 Å². The Morgan fingerprint density at radius 1 is 1.30 bits per heavy atom. The second-order valence-electron chi connectivity index (χ2n) is 6.89. The van der Waals surface area contributed by atoms with Crippen molar-refractivity contribution in [3.8, 4) is 0 Å². The predicted octanol–water partition coefficient (Wildman–Crippen LogP) is 3.09. The van der Waals surface area contributed by atoms with Gasteiger partial charge in [0.05, 0.1) is 11.5 Å². The lowest BCUT2D eigenvalue weighted by atomic mass is 9.78. The number of hydrogen-bond donors (Lipinski definition) is 1. The predicted molar refractivity (Wildman–Crippen MR) is 89.5 cm³/mol. The summed E-state index contributed by atoms with van der Waals surface area (Å²) in [5.74, 6) is 0.827. The summed E-state index contributed by atoms with van der Waals surface area (Å²) in [5, 5.41) is 2.97. The Bertz CT molecular complexity index is 874. The molecule has 4 aliphatic rings. The van der Waals surface area contributed by atoms with Crippen LogP contribution in [0.5, 0.6) is 0 Å². The molecule has 0 aromatic carbocycles. The Morgan fingerprint density at radius 2 is 2.22 bits per heavy atom. The first-order valence-corrected chi connectivity index (χ1v) is 8.08. The molecule has 1 spiro atoms. The second-order valence-corrected chi connectivity index (χ2v) is 6.89. The van der Waals surface area contributed by atoms with Gasteiger partial charge < -0.3 is 5.32 Å². The maximum atomic E-state index is 12.7. The number of dihydropyridines is 1. The third kappa shape index (κ3) is 1.69. The number of aliphatic imine (C=N–C) groups is 1. The molecule has 4 nitrogen and oxygen atoms in total. The molecule has 0 bridgehead atoms. The zero-order chi connectivity index (χ0) is 15.6. The minimum atomic E-state index is -0.457. The van der Waals surface area contributed by atoms with Crippen molar-refractivity contribution >= 4 is 17.4 Å². The van der Waals surface area contributed by atoms with E-state index in [0.717, 1.165) is 36.4 Å². The molecule has 0 fully saturated rings. The Kier molecular flexibility index (Phi) is 2.42. The number of fused-ring (bicyclic) bond motifs is 3. The van der Waals surface area contributed by atoms with Crippen molar-refractivity contribution in [2.75, 3.05) is 5.32 Å². The third-order valence-electron chi connectivity index (χ3n) is 5.49. The lowest BCUT2D eigenvalue weighted by molar-refractivity contribution is -0.120. The molecule has 2 atom stereocenters. The molecule has 23 heavy (non-hydrogen) atoms. The van der Waals surface area contributed by atoms with Gasteiger partial charge in [-0.2, -0.15) is 0 Å². The first kappa shape index (κ1) is 13.0. The van der Waals surface area contributed by atoms with Crippen LogP contribution in [0.1, 0.15) is 31.7 Å². The van der Waals surface area contributed by atoms with E-state index in [4.69, 9.17) is 4.99 Å². The minimum Gasteiger partial charge on any atom is -0.310 e. The number of carbonyl (C=O) groups excluding carboxylic acids is 1. The summed E-state index contributed by atoms with van der Waals surface area (Å²) in [6, 6.07) is 4.19. The Hall–Kier alpha value is -2.49. The number of amides is 1. The van der Waals surface area contributed by atoms with E-state index in [1.165, 1.54) is 16.7 Å². The fourth-order valence-corrected chi connectivity index (χ4v) is 4.37. The van der Waals surface area contributed by atoms with Gasteiger partial charge in [0.25, 0.3) is 0 Å².